The fourth-order valence-corrected chi connectivity index (χ4v) is 3.36. The highest BCUT2D eigenvalue weighted by Gasteiger charge is 2.30. The van der Waals surface area contributed by atoms with Crippen molar-refractivity contribution in [3.8, 4) is 0 Å². The van der Waals surface area contributed by atoms with Gasteiger partial charge in [-0.2, -0.15) is 4.31 Å². The number of aliphatic hydroxyl groups is 1. The number of rotatable bonds is 5. The number of sulfonamides is 1. The SMILES string of the molecule is CCN(CC(C)(C)O)S(=O)(=O)c1cc(N)ccc1F. The van der Waals surface area contributed by atoms with Crippen molar-refractivity contribution in [3.05, 3.63) is 24.0 Å². The van der Waals surface area contributed by atoms with Crippen molar-refractivity contribution in [1.82, 2.24) is 4.31 Å². The molecule has 0 aliphatic rings. The van der Waals surface area contributed by atoms with E-state index in [0.29, 0.717) is 0 Å². The fraction of sp³-hybridized carbons (Fsp3) is 0.500. The normalized spacial score (nSPS) is 12.9. The fourth-order valence-electron chi connectivity index (χ4n) is 1.66. The van der Waals surface area contributed by atoms with E-state index in [0.717, 1.165) is 16.4 Å². The quantitative estimate of drug-likeness (QED) is 0.798. The second kappa shape index (κ2) is 5.44. The Bertz CT molecular complexity index is 553. The second-order valence-corrected chi connectivity index (χ2v) is 6.84. The van der Waals surface area contributed by atoms with Crippen molar-refractivity contribution in [2.45, 2.75) is 31.3 Å². The van der Waals surface area contributed by atoms with Gasteiger partial charge in [0.25, 0.3) is 0 Å². The van der Waals surface area contributed by atoms with Gasteiger partial charge in [0.15, 0.2) is 0 Å². The molecule has 0 saturated carbocycles. The molecule has 0 radical (unpaired) electrons. The van der Waals surface area contributed by atoms with Gasteiger partial charge in [0, 0.05) is 18.8 Å². The Morgan fingerprint density at radius 3 is 2.47 bits per heavy atom. The Kier molecular flexibility index (Phi) is 4.54. The maximum Gasteiger partial charge on any atom is 0.246 e. The predicted molar refractivity (Wildman–Crippen MR) is 71.5 cm³/mol. The van der Waals surface area contributed by atoms with Crippen LogP contribution in [0.25, 0.3) is 0 Å². The largest absolute Gasteiger partial charge is 0.399 e. The molecule has 1 aromatic carbocycles. The van der Waals surface area contributed by atoms with Gasteiger partial charge < -0.3 is 10.8 Å². The standard InChI is InChI=1S/C12H19FN2O3S/c1-4-15(8-12(2,3)16)19(17,18)11-7-9(14)5-6-10(11)13/h5-7,16H,4,8,14H2,1-3H3. The highest BCUT2D eigenvalue weighted by atomic mass is 32.2. The molecule has 0 unspecified atom stereocenters. The molecule has 0 bridgehead atoms. The molecular weight excluding hydrogens is 271 g/mol. The molecular formula is C12H19FN2O3S. The van der Waals surface area contributed by atoms with Crippen LogP contribution < -0.4 is 5.73 Å². The first-order chi connectivity index (χ1) is 8.58. The Morgan fingerprint density at radius 1 is 1.42 bits per heavy atom. The number of nitrogens with zero attached hydrogens (tertiary/aromatic N) is 1. The maximum atomic E-state index is 13.7. The van der Waals surface area contributed by atoms with E-state index in [9.17, 15) is 17.9 Å². The van der Waals surface area contributed by atoms with E-state index in [-0.39, 0.29) is 18.8 Å². The molecule has 0 heterocycles. The van der Waals surface area contributed by atoms with Crippen LogP contribution in [0.15, 0.2) is 23.1 Å². The second-order valence-electron chi connectivity index (χ2n) is 4.93. The van der Waals surface area contributed by atoms with Crippen molar-refractivity contribution in [2.75, 3.05) is 18.8 Å². The first-order valence-electron chi connectivity index (χ1n) is 5.85. The molecule has 108 valence electrons. The molecule has 0 saturated heterocycles. The maximum absolute atomic E-state index is 13.7. The number of halogens is 1. The minimum absolute atomic E-state index is 0.125. The van der Waals surface area contributed by atoms with Crippen LogP contribution in [-0.4, -0.2) is 36.5 Å². The summed E-state index contributed by atoms with van der Waals surface area (Å²) in [5.74, 6) is -0.858. The molecule has 0 fully saturated rings. The monoisotopic (exact) mass is 290 g/mol. The minimum Gasteiger partial charge on any atom is -0.399 e. The molecule has 0 amide bonds. The summed E-state index contributed by atoms with van der Waals surface area (Å²) in [5.41, 5.74) is 4.45. The molecule has 3 N–H and O–H groups in total. The van der Waals surface area contributed by atoms with Crippen LogP contribution in [0.4, 0.5) is 10.1 Å². The lowest BCUT2D eigenvalue weighted by atomic mass is 10.1. The number of hydrogen-bond acceptors (Lipinski definition) is 4. The summed E-state index contributed by atoms with van der Waals surface area (Å²) < 4.78 is 39.4. The van der Waals surface area contributed by atoms with E-state index in [1.165, 1.54) is 19.9 Å². The number of benzene rings is 1. The Hall–Kier alpha value is -1.18. The molecule has 0 atom stereocenters. The predicted octanol–water partition coefficient (Wildman–Crippen LogP) is 1.19. The Morgan fingerprint density at radius 2 is 2.00 bits per heavy atom. The van der Waals surface area contributed by atoms with Gasteiger partial charge in [0.1, 0.15) is 10.7 Å². The minimum atomic E-state index is -4.02. The van der Waals surface area contributed by atoms with Crippen LogP contribution in [0.1, 0.15) is 20.8 Å². The van der Waals surface area contributed by atoms with Crippen molar-refractivity contribution < 1.29 is 17.9 Å². The van der Waals surface area contributed by atoms with E-state index >= 15 is 0 Å². The zero-order chi connectivity index (χ0) is 14.8. The number of hydrogen-bond donors (Lipinski definition) is 2. The zero-order valence-corrected chi connectivity index (χ0v) is 12.0. The van der Waals surface area contributed by atoms with Gasteiger partial charge >= 0.3 is 0 Å². The molecule has 5 nitrogen and oxygen atoms in total. The van der Waals surface area contributed by atoms with Crippen LogP contribution >= 0.6 is 0 Å². The van der Waals surface area contributed by atoms with Crippen LogP contribution in [0.3, 0.4) is 0 Å². The molecule has 1 aromatic rings. The van der Waals surface area contributed by atoms with E-state index in [4.69, 9.17) is 5.73 Å². The first-order valence-corrected chi connectivity index (χ1v) is 7.29. The molecule has 0 aliphatic heterocycles. The van der Waals surface area contributed by atoms with Crippen molar-refractivity contribution in [2.24, 2.45) is 0 Å². The van der Waals surface area contributed by atoms with Crippen molar-refractivity contribution >= 4 is 15.7 Å². The highest BCUT2D eigenvalue weighted by Crippen LogP contribution is 2.23. The van der Waals surface area contributed by atoms with Gasteiger partial charge in [-0.1, -0.05) is 6.92 Å². The van der Waals surface area contributed by atoms with Gasteiger partial charge in [-0.15, -0.1) is 0 Å². The van der Waals surface area contributed by atoms with Crippen LogP contribution in [0.5, 0.6) is 0 Å². The highest BCUT2D eigenvalue weighted by molar-refractivity contribution is 7.89. The summed E-state index contributed by atoms with van der Waals surface area (Å²) in [5, 5.41) is 9.73. The van der Waals surface area contributed by atoms with Crippen LogP contribution in [0.2, 0.25) is 0 Å². The summed E-state index contributed by atoms with van der Waals surface area (Å²) in [4.78, 5) is -0.474. The summed E-state index contributed by atoms with van der Waals surface area (Å²) in [6, 6.07) is 3.39. The average Bonchev–Trinajstić information content (AvgIpc) is 2.27. The third-order valence-electron chi connectivity index (χ3n) is 2.49. The van der Waals surface area contributed by atoms with Crippen LogP contribution in [0, 0.1) is 5.82 Å². The van der Waals surface area contributed by atoms with Gasteiger partial charge in [-0.25, -0.2) is 12.8 Å². The van der Waals surface area contributed by atoms with E-state index in [1.807, 2.05) is 0 Å². The van der Waals surface area contributed by atoms with Crippen molar-refractivity contribution in [3.63, 3.8) is 0 Å². The van der Waals surface area contributed by atoms with Gasteiger partial charge in [-0.3, -0.25) is 0 Å². The number of nitrogen functional groups attached to an aromatic ring is 1. The topological polar surface area (TPSA) is 83.6 Å². The van der Waals surface area contributed by atoms with Crippen LogP contribution in [-0.2, 0) is 10.0 Å². The van der Waals surface area contributed by atoms with Gasteiger partial charge in [0.05, 0.1) is 5.60 Å². The van der Waals surface area contributed by atoms with E-state index in [2.05, 4.69) is 0 Å². The lowest BCUT2D eigenvalue weighted by molar-refractivity contribution is 0.0601. The molecule has 7 heteroatoms. The molecule has 0 aromatic heterocycles. The summed E-state index contributed by atoms with van der Waals surface area (Å²) >= 11 is 0. The third kappa shape index (κ3) is 3.89. The lowest BCUT2D eigenvalue weighted by Gasteiger charge is -2.27. The average molecular weight is 290 g/mol. The molecule has 0 aliphatic carbocycles. The number of likely N-dealkylation sites (N-methyl/N-ethyl adjacent to an activating group) is 1. The summed E-state index contributed by atoms with van der Waals surface area (Å²) in [6.45, 7) is 4.59. The smallest absolute Gasteiger partial charge is 0.246 e. The van der Waals surface area contributed by atoms with Gasteiger partial charge in [-0.05, 0) is 32.0 Å². The Labute approximate surface area is 112 Å². The zero-order valence-electron chi connectivity index (χ0n) is 11.2. The van der Waals surface area contributed by atoms with Crippen molar-refractivity contribution in [1.29, 1.82) is 0 Å². The third-order valence-corrected chi connectivity index (χ3v) is 4.42. The summed E-state index contributed by atoms with van der Waals surface area (Å²) in [7, 11) is -4.02. The number of anilines is 1. The molecule has 1 rings (SSSR count). The van der Waals surface area contributed by atoms with E-state index in [1.54, 1.807) is 6.92 Å². The summed E-state index contributed by atoms with van der Waals surface area (Å²) in [6.07, 6.45) is 0. The molecule has 0 spiro atoms. The van der Waals surface area contributed by atoms with Gasteiger partial charge in [0.2, 0.25) is 10.0 Å². The lowest BCUT2D eigenvalue weighted by Crippen LogP contribution is -2.42. The first kappa shape index (κ1) is 15.9. The molecule has 19 heavy (non-hydrogen) atoms. The number of nitrogens with two attached hydrogens (primary N) is 1. The van der Waals surface area contributed by atoms with E-state index < -0.39 is 26.3 Å². The Balaban J connectivity index is 3.25.